The first-order chi connectivity index (χ1) is 12.4. The van der Waals surface area contributed by atoms with Crippen LogP contribution in [0.5, 0.6) is 0 Å². The van der Waals surface area contributed by atoms with Crippen LogP contribution >= 0.6 is 0 Å². The summed E-state index contributed by atoms with van der Waals surface area (Å²) in [5.74, 6) is 0. The lowest BCUT2D eigenvalue weighted by atomic mass is 9.77. The van der Waals surface area contributed by atoms with Gasteiger partial charge in [-0.15, -0.1) is 0 Å². The van der Waals surface area contributed by atoms with Crippen LogP contribution in [0.2, 0.25) is 0 Å². The minimum Gasteiger partial charge on any atom is -0.441 e. The van der Waals surface area contributed by atoms with Gasteiger partial charge in [0.1, 0.15) is 6.10 Å². The first-order valence-electron chi connectivity index (χ1n) is 8.87. The van der Waals surface area contributed by atoms with E-state index in [4.69, 9.17) is 10.5 Å². The van der Waals surface area contributed by atoms with Crippen LogP contribution in [0, 0.1) is 5.41 Å². The van der Waals surface area contributed by atoms with Crippen molar-refractivity contribution in [3.8, 4) is 11.1 Å². The van der Waals surface area contributed by atoms with Crippen LogP contribution in [0.25, 0.3) is 11.1 Å². The van der Waals surface area contributed by atoms with Gasteiger partial charge in [-0.05, 0) is 47.6 Å². The molecule has 2 N–H and O–H groups in total. The number of hydrogen-bond donors (Lipinski definition) is 1. The first kappa shape index (κ1) is 18.4. The van der Waals surface area contributed by atoms with Crippen LogP contribution in [0.1, 0.15) is 55.9 Å². The normalized spacial score (nSPS) is 18.0. The predicted molar refractivity (Wildman–Crippen MR) is 97.0 cm³/mol. The summed E-state index contributed by atoms with van der Waals surface area (Å²) < 4.78 is 31.4. The van der Waals surface area contributed by atoms with Gasteiger partial charge in [0, 0.05) is 11.0 Å². The Bertz CT molecular complexity index is 815. The summed E-state index contributed by atoms with van der Waals surface area (Å²) in [5, 5.41) is 0. The fraction of sp³-hybridized carbons (Fsp3) is 0.381. The Morgan fingerprint density at radius 3 is 2.50 bits per heavy atom. The van der Waals surface area contributed by atoms with Gasteiger partial charge in [0.05, 0.1) is 0 Å². The van der Waals surface area contributed by atoms with E-state index in [0.29, 0.717) is 0 Å². The van der Waals surface area contributed by atoms with Crippen LogP contribution in [-0.2, 0) is 11.2 Å². The molecule has 0 spiro atoms. The summed E-state index contributed by atoms with van der Waals surface area (Å²) >= 11 is 0. The molecule has 1 aliphatic carbocycles. The number of nitrogens with two attached hydrogens (primary N) is 1. The molecule has 1 amide bonds. The minimum absolute atomic E-state index is 0.00870. The van der Waals surface area contributed by atoms with E-state index >= 15 is 0 Å². The predicted octanol–water partition coefficient (Wildman–Crippen LogP) is 5.79. The highest BCUT2D eigenvalue weighted by Crippen LogP contribution is 2.52. The zero-order valence-electron chi connectivity index (χ0n) is 15.0. The number of carbonyl (C=O) groups excluding carboxylic acids is 1. The molecule has 0 saturated heterocycles. The smallest absolute Gasteiger partial charge is 0.405 e. The third-order valence-electron chi connectivity index (χ3n) is 5.64. The SMILES string of the molecule is CCC1(CC)Cc2cc(-c3cccc(C(F)F)c3)ccc2C1OC(N)=O. The molecule has 0 aliphatic heterocycles. The maximum absolute atomic E-state index is 13.0. The molecular weight excluding hydrogens is 336 g/mol. The molecule has 2 aromatic rings. The van der Waals surface area contributed by atoms with Gasteiger partial charge in [0.15, 0.2) is 0 Å². The molecule has 138 valence electrons. The quantitative estimate of drug-likeness (QED) is 0.734. The van der Waals surface area contributed by atoms with Crippen molar-refractivity contribution >= 4 is 6.09 Å². The molecule has 26 heavy (non-hydrogen) atoms. The minimum atomic E-state index is -2.49. The fourth-order valence-corrected chi connectivity index (χ4v) is 4.03. The largest absolute Gasteiger partial charge is 0.441 e. The fourth-order valence-electron chi connectivity index (χ4n) is 4.03. The lowest BCUT2D eigenvalue weighted by Gasteiger charge is -2.32. The van der Waals surface area contributed by atoms with E-state index in [0.717, 1.165) is 41.5 Å². The summed E-state index contributed by atoms with van der Waals surface area (Å²) in [6, 6.07) is 12.3. The molecule has 3 nitrogen and oxygen atoms in total. The van der Waals surface area contributed by atoms with Crippen molar-refractivity contribution < 1.29 is 18.3 Å². The third kappa shape index (κ3) is 3.18. The molecule has 1 unspecified atom stereocenters. The molecule has 0 heterocycles. The highest BCUT2D eigenvalue weighted by Gasteiger charge is 2.46. The van der Waals surface area contributed by atoms with E-state index < -0.39 is 12.5 Å². The third-order valence-corrected chi connectivity index (χ3v) is 5.64. The van der Waals surface area contributed by atoms with Gasteiger partial charge in [-0.25, -0.2) is 13.6 Å². The summed E-state index contributed by atoms with van der Waals surface area (Å²) in [6.07, 6.45) is -1.16. The van der Waals surface area contributed by atoms with Crippen molar-refractivity contribution in [1.82, 2.24) is 0 Å². The number of carbonyl (C=O) groups is 1. The average Bonchev–Trinajstić information content (AvgIpc) is 2.94. The van der Waals surface area contributed by atoms with Gasteiger partial charge in [-0.1, -0.05) is 50.2 Å². The van der Waals surface area contributed by atoms with Crippen molar-refractivity contribution in [2.45, 2.75) is 45.6 Å². The maximum atomic E-state index is 13.0. The Morgan fingerprint density at radius 2 is 1.88 bits per heavy atom. The van der Waals surface area contributed by atoms with Gasteiger partial charge in [0.2, 0.25) is 0 Å². The Balaban J connectivity index is 2.02. The van der Waals surface area contributed by atoms with E-state index in [1.807, 2.05) is 24.3 Å². The van der Waals surface area contributed by atoms with Crippen molar-refractivity contribution in [1.29, 1.82) is 0 Å². The maximum Gasteiger partial charge on any atom is 0.405 e. The lowest BCUT2D eigenvalue weighted by molar-refractivity contribution is 0.0140. The molecule has 0 radical (unpaired) electrons. The van der Waals surface area contributed by atoms with E-state index in [1.165, 1.54) is 12.1 Å². The van der Waals surface area contributed by atoms with Crippen LogP contribution in [0.4, 0.5) is 13.6 Å². The first-order valence-corrected chi connectivity index (χ1v) is 8.87. The molecule has 0 fully saturated rings. The zero-order chi connectivity index (χ0) is 18.9. The molecule has 0 saturated carbocycles. The topological polar surface area (TPSA) is 52.3 Å². The van der Waals surface area contributed by atoms with Gasteiger partial charge in [0.25, 0.3) is 6.43 Å². The van der Waals surface area contributed by atoms with Gasteiger partial charge in [-0.2, -0.15) is 0 Å². The number of hydrogen-bond acceptors (Lipinski definition) is 2. The molecule has 2 aromatic carbocycles. The second-order valence-corrected chi connectivity index (χ2v) is 6.90. The van der Waals surface area contributed by atoms with Crippen LogP contribution < -0.4 is 5.73 Å². The Kier molecular flexibility index (Phi) is 4.99. The van der Waals surface area contributed by atoms with Crippen molar-refractivity contribution in [3.63, 3.8) is 0 Å². The van der Waals surface area contributed by atoms with Crippen molar-refractivity contribution in [2.75, 3.05) is 0 Å². The molecule has 0 aromatic heterocycles. The average molecular weight is 359 g/mol. The number of fused-ring (bicyclic) bond motifs is 1. The lowest BCUT2D eigenvalue weighted by Crippen LogP contribution is -2.30. The van der Waals surface area contributed by atoms with E-state index in [9.17, 15) is 13.6 Å². The molecule has 1 aliphatic rings. The second kappa shape index (κ2) is 7.06. The molecular formula is C21H23F2NO2. The van der Waals surface area contributed by atoms with Crippen molar-refractivity contribution in [3.05, 3.63) is 59.2 Å². The summed E-state index contributed by atoms with van der Waals surface area (Å²) in [7, 11) is 0. The molecule has 1 atom stereocenters. The number of alkyl halides is 2. The van der Waals surface area contributed by atoms with Crippen LogP contribution in [0.3, 0.4) is 0 Å². The van der Waals surface area contributed by atoms with E-state index in [1.54, 1.807) is 6.07 Å². The van der Waals surface area contributed by atoms with Crippen LogP contribution in [-0.4, -0.2) is 6.09 Å². The number of halogens is 2. The molecule has 5 heteroatoms. The van der Waals surface area contributed by atoms with Crippen molar-refractivity contribution in [2.24, 2.45) is 11.1 Å². The van der Waals surface area contributed by atoms with Gasteiger partial charge >= 0.3 is 6.09 Å². The van der Waals surface area contributed by atoms with Gasteiger partial charge in [-0.3, -0.25) is 0 Å². The second-order valence-electron chi connectivity index (χ2n) is 6.90. The van der Waals surface area contributed by atoms with Crippen LogP contribution in [0.15, 0.2) is 42.5 Å². The highest BCUT2D eigenvalue weighted by atomic mass is 19.3. The summed E-state index contributed by atoms with van der Waals surface area (Å²) in [4.78, 5) is 11.4. The zero-order valence-corrected chi connectivity index (χ0v) is 15.0. The number of primary amides is 1. The Hall–Kier alpha value is -2.43. The standard InChI is InChI=1S/C21H23F2NO2/c1-3-21(4-2)12-16-11-14(8-9-17(16)18(21)26-20(24)25)13-6-5-7-15(10-13)19(22)23/h5-11,18-19H,3-4,12H2,1-2H3,(H2,24,25). The Labute approximate surface area is 152 Å². The summed E-state index contributed by atoms with van der Waals surface area (Å²) in [6.45, 7) is 4.17. The molecule has 3 rings (SSSR count). The highest BCUT2D eigenvalue weighted by molar-refractivity contribution is 5.68. The number of benzene rings is 2. The molecule has 0 bridgehead atoms. The monoisotopic (exact) mass is 359 g/mol. The summed E-state index contributed by atoms with van der Waals surface area (Å²) in [5.41, 5.74) is 8.80. The number of ether oxygens (including phenoxy) is 1. The van der Waals surface area contributed by atoms with E-state index in [-0.39, 0.29) is 17.1 Å². The van der Waals surface area contributed by atoms with E-state index in [2.05, 4.69) is 13.8 Å². The van der Waals surface area contributed by atoms with Gasteiger partial charge < -0.3 is 10.5 Å². The Morgan fingerprint density at radius 1 is 1.19 bits per heavy atom. The number of rotatable bonds is 5. The number of amides is 1.